The number of fused-ring (bicyclic) bond motifs is 3. The van der Waals surface area contributed by atoms with Gasteiger partial charge in [0.15, 0.2) is 21.2 Å². The molecule has 1 aliphatic carbocycles. The molecular weight excluding hydrogens is 695 g/mol. The van der Waals surface area contributed by atoms with Crippen molar-refractivity contribution in [2.45, 2.75) is 76.0 Å². The van der Waals surface area contributed by atoms with E-state index in [9.17, 15) is 25.9 Å². The molecule has 3 heterocycles. The summed E-state index contributed by atoms with van der Waals surface area (Å²) in [7, 11) is -8.86. The Bertz CT molecular complexity index is 2030. The Labute approximate surface area is 332 Å². The predicted molar refractivity (Wildman–Crippen MR) is 185 cm³/mol. The van der Waals surface area contributed by atoms with Crippen LogP contribution in [0.25, 0.3) is 0 Å². The second-order valence-corrected chi connectivity index (χ2v) is 17.5. The van der Waals surface area contributed by atoms with Crippen LogP contribution in [0, 0.1) is 0 Å². The van der Waals surface area contributed by atoms with E-state index in [-0.39, 0.29) is 67.7 Å². The Balaban J connectivity index is 0.00000451. The van der Waals surface area contributed by atoms with Gasteiger partial charge in [0.25, 0.3) is 0 Å². The van der Waals surface area contributed by atoms with E-state index < -0.39 is 36.8 Å². The zero-order chi connectivity index (χ0) is 34.0. The second-order valence-electron chi connectivity index (χ2n) is 14.0. The predicted octanol–water partition coefficient (Wildman–Crippen LogP) is 3.62. The first kappa shape index (κ1) is 38.0. The zero-order valence-corrected chi connectivity index (χ0v) is 33.7. The smallest absolute Gasteiger partial charge is 0.748 e. The van der Waals surface area contributed by atoms with Gasteiger partial charge in [0.1, 0.15) is 17.9 Å². The van der Waals surface area contributed by atoms with E-state index in [0.717, 1.165) is 64.3 Å². The third-order valence-corrected chi connectivity index (χ3v) is 13.1. The summed E-state index contributed by atoms with van der Waals surface area (Å²) in [4.78, 5) is 0. The van der Waals surface area contributed by atoms with Crippen LogP contribution >= 0.6 is 11.6 Å². The molecule has 1 fully saturated rings. The van der Waals surface area contributed by atoms with Crippen molar-refractivity contribution in [3.8, 4) is 0 Å². The van der Waals surface area contributed by atoms with Crippen LogP contribution in [0.15, 0.2) is 94.7 Å². The van der Waals surface area contributed by atoms with Crippen LogP contribution in [0.2, 0.25) is 0 Å². The second kappa shape index (κ2) is 13.7. The van der Waals surface area contributed by atoms with Gasteiger partial charge in [0.05, 0.1) is 33.9 Å². The molecule has 0 amide bonds. The number of rotatable bonds is 8. The first-order valence-corrected chi connectivity index (χ1v) is 19.5. The van der Waals surface area contributed by atoms with Crippen molar-refractivity contribution in [2.24, 2.45) is 0 Å². The van der Waals surface area contributed by atoms with E-state index >= 15 is 0 Å². The van der Waals surface area contributed by atoms with Crippen LogP contribution in [-0.2, 0) is 31.1 Å². The number of halogens is 1. The Morgan fingerprint density at radius 1 is 0.917 bits per heavy atom. The van der Waals surface area contributed by atoms with Crippen molar-refractivity contribution in [2.75, 3.05) is 18.8 Å². The van der Waals surface area contributed by atoms with Crippen molar-refractivity contribution in [1.82, 2.24) is 4.48 Å². The molecule has 0 saturated carbocycles. The molecule has 48 heavy (non-hydrogen) atoms. The summed E-state index contributed by atoms with van der Waals surface area (Å²) in [6, 6.07) is 15.9. The molecule has 0 N–H and O–H groups in total. The van der Waals surface area contributed by atoms with Gasteiger partial charge >= 0.3 is 51.4 Å². The topological polar surface area (TPSA) is 117 Å². The summed E-state index contributed by atoms with van der Waals surface area (Å²) in [6.45, 7) is 9.38. The molecule has 2 unspecified atom stereocenters. The summed E-state index contributed by atoms with van der Waals surface area (Å²) in [5.74, 6) is -0.424. The summed E-state index contributed by atoms with van der Waals surface area (Å²) >= 11 is 7.09. The largest absolute Gasteiger partial charge is 1.00 e. The molecule has 8 nitrogen and oxygen atoms in total. The Hall–Kier alpha value is -1.22. The zero-order valence-electron chi connectivity index (χ0n) is 28.2. The van der Waals surface area contributed by atoms with Gasteiger partial charge in [0, 0.05) is 40.5 Å². The molecule has 12 heteroatoms. The van der Waals surface area contributed by atoms with Crippen LogP contribution in [0.5, 0.6) is 0 Å². The van der Waals surface area contributed by atoms with Crippen molar-refractivity contribution >= 4 is 48.9 Å². The van der Waals surface area contributed by atoms with E-state index in [1.165, 1.54) is 0 Å². The first-order chi connectivity index (χ1) is 22.0. The normalized spacial score (nSPS) is 26.3. The summed E-state index contributed by atoms with van der Waals surface area (Å²) in [5.41, 5.74) is 6.99. The van der Waals surface area contributed by atoms with Crippen LogP contribution in [0.4, 0.5) is 11.4 Å². The molecule has 4 aliphatic rings. The Morgan fingerprint density at radius 3 is 2.23 bits per heavy atom. The average molecular weight is 736 g/mol. The van der Waals surface area contributed by atoms with E-state index in [4.69, 9.17) is 11.6 Å². The molecule has 6 rings (SSSR count). The van der Waals surface area contributed by atoms with Gasteiger partial charge in [-0.15, -0.1) is 0 Å². The van der Waals surface area contributed by atoms with Crippen molar-refractivity contribution in [3.05, 3.63) is 106 Å². The maximum Gasteiger partial charge on any atom is 1.00 e. The number of hydrogen-bond donors (Lipinski definition) is 0. The molecule has 1 spiro atoms. The fourth-order valence-corrected chi connectivity index (χ4v) is 10.2. The molecule has 0 radical (unpaired) electrons. The Morgan fingerprint density at radius 2 is 1.58 bits per heavy atom. The minimum absolute atomic E-state index is 0. The number of nitrogens with zero attached hydrogens (tertiary/aromatic N) is 2. The first-order valence-electron chi connectivity index (χ1n) is 16.1. The molecule has 0 aromatic heterocycles. The molecule has 2 atom stereocenters. The van der Waals surface area contributed by atoms with Crippen LogP contribution in [0.1, 0.15) is 70.9 Å². The summed E-state index contributed by atoms with van der Waals surface area (Å²) in [5, 5.41) is -0.405. The summed E-state index contributed by atoms with van der Waals surface area (Å²) in [6.07, 6.45) is 11.1. The van der Waals surface area contributed by atoms with E-state index in [0.29, 0.717) is 24.5 Å². The molecule has 2 aromatic rings. The van der Waals surface area contributed by atoms with Crippen LogP contribution in [0.3, 0.4) is 0 Å². The number of para-hydroxylation sites is 2. The number of benzene rings is 2. The fourth-order valence-electron chi connectivity index (χ4n) is 8.21. The van der Waals surface area contributed by atoms with E-state index in [1.54, 1.807) is 0 Å². The molecule has 2 aromatic carbocycles. The van der Waals surface area contributed by atoms with E-state index in [1.807, 2.05) is 60.7 Å². The van der Waals surface area contributed by atoms with Crippen LogP contribution in [-0.4, -0.2) is 60.4 Å². The maximum absolute atomic E-state index is 12.5. The summed E-state index contributed by atoms with van der Waals surface area (Å²) < 4.78 is 73.6. The van der Waals surface area contributed by atoms with Gasteiger partial charge < -0.3 is 9.11 Å². The minimum atomic E-state index is -4.54. The monoisotopic (exact) mass is 735 g/mol. The SMILES string of the molecule is CC1(C)C(/C=C/C2=C(Cl)C(=C/C=C3\C(C)(C)c4ccccc4[N+]34CCC4S(=O)(=O)[O-])/CCC2)=[N+](CCCS(=O)(=O)[O-])c2ccccc21.[K+]. The molecular formula is C36H41ClKN2O6S2+. The van der Waals surface area contributed by atoms with Gasteiger partial charge in [0.2, 0.25) is 5.69 Å². The standard InChI is InChI=1S/C36H41ClN2O6S2.K/c1-35(2)27-13-5-7-15-29(27)38(22-10-24-46(40,41)42)31(35)19-17-25-11-9-12-26(34(25)37)18-20-32-36(3,4)28-14-6-8-16-30(28)39(32)23-21-33(39)47(43,44)45;/h5-8,13-20,33H,9-12,21-24H2,1-4H3;/q;+1/b19-17+,26-18+,32-20+;. The average Bonchev–Trinajstić information content (AvgIpc) is 3.31. The maximum atomic E-state index is 12.5. The van der Waals surface area contributed by atoms with E-state index in [2.05, 4.69) is 44.4 Å². The number of hydrogen-bond acceptors (Lipinski definition) is 6. The van der Waals surface area contributed by atoms with Crippen molar-refractivity contribution < 1.29 is 81.9 Å². The molecule has 1 saturated heterocycles. The Kier molecular flexibility index (Phi) is 10.9. The molecule has 0 bridgehead atoms. The number of quaternary nitrogens is 1. The fraction of sp³-hybridized carbons (Fsp3) is 0.417. The van der Waals surface area contributed by atoms with Gasteiger partial charge in [-0.3, -0.25) is 0 Å². The molecule has 3 aliphatic heterocycles. The third-order valence-electron chi connectivity index (χ3n) is 10.5. The van der Waals surface area contributed by atoms with Crippen molar-refractivity contribution in [3.63, 3.8) is 0 Å². The van der Waals surface area contributed by atoms with Gasteiger partial charge in [-0.1, -0.05) is 60.2 Å². The van der Waals surface area contributed by atoms with Gasteiger partial charge in [-0.2, -0.15) is 4.58 Å². The minimum Gasteiger partial charge on any atom is -0.748 e. The number of allylic oxidation sites excluding steroid dienone is 8. The van der Waals surface area contributed by atoms with Gasteiger partial charge in [-0.05, 0) is 70.2 Å². The van der Waals surface area contributed by atoms with Crippen molar-refractivity contribution in [1.29, 1.82) is 0 Å². The third kappa shape index (κ3) is 6.63. The van der Waals surface area contributed by atoms with Crippen LogP contribution < -0.4 is 55.9 Å². The molecule has 250 valence electrons. The van der Waals surface area contributed by atoms with Gasteiger partial charge in [-0.25, -0.2) is 21.3 Å². The quantitative estimate of drug-likeness (QED) is 0.177.